The van der Waals surface area contributed by atoms with Crippen LogP contribution in [-0.4, -0.2) is 49.8 Å². The Balaban J connectivity index is 2.19. The summed E-state index contributed by atoms with van der Waals surface area (Å²) in [7, 11) is 0. The van der Waals surface area contributed by atoms with Crippen molar-refractivity contribution in [3.8, 4) is 5.75 Å². The van der Waals surface area contributed by atoms with Crippen LogP contribution in [0.1, 0.15) is 18.9 Å². The van der Waals surface area contributed by atoms with Gasteiger partial charge in [-0.3, -0.25) is 19.3 Å². The van der Waals surface area contributed by atoms with E-state index in [0.717, 1.165) is 11.8 Å². The minimum Gasteiger partial charge on any atom is -0.506 e. The summed E-state index contributed by atoms with van der Waals surface area (Å²) in [5.74, 6) is -2.01. The number of hydrogen-bond acceptors (Lipinski definition) is 6. The van der Waals surface area contributed by atoms with E-state index >= 15 is 0 Å². The van der Waals surface area contributed by atoms with Gasteiger partial charge in [0.15, 0.2) is 0 Å². The second kappa shape index (κ2) is 9.18. The summed E-state index contributed by atoms with van der Waals surface area (Å²) in [6, 6.07) is 2.43. The highest BCUT2D eigenvalue weighted by molar-refractivity contribution is 9.11. The van der Waals surface area contributed by atoms with Crippen LogP contribution < -0.4 is 5.32 Å². The van der Waals surface area contributed by atoms with Crippen molar-refractivity contribution >= 4 is 84.0 Å². The summed E-state index contributed by atoms with van der Waals surface area (Å²) in [4.78, 5) is 36.8. The second-order valence-electron chi connectivity index (χ2n) is 5.49. The van der Waals surface area contributed by atoms with Gasteiger partial charge in [0.25, 0.3) is 5.91 Å². The molecule has 27 heavy (non-hydrogen) atoms. The maximum atomic E-state index is 12.7. The lowest BCUT2D eigenvalue weighted by molar-refractivity contribution is -0.137. The average molecular weight is 538 g/mol. The number of aliphatic carboxylic acids is 1. The molecule has 1 aliphatic heterocycles. The number of nitrogens with one attached hydrogen (secondary N) is 1. The van der Waals surface area contributed by atoms with E-state index in [2.05, 4.69) is 37.2 Å². The Hall–Kier alpha value is -1.43. The maximum absolute atomic E-state index is 12.7. The van der Waals surface area contributed by atoms with E-state index in [4.69, 9.17) is 17.3 Å². The summed E-state index contributed by atoms with van der Waals surface area (Å²) in [6.45, 7) is 1.47. The van der Waals surface area contributed by atoms with Crippen LogP contribution in [0.4, 0.5) is 0 Å². The third kappa shape index (κ3) is 5.31. The number of carboxylic acids is 1. The van der Waals surface area contributed by atoms with Crippen molar-refractivity contribution in [2.24, 2.45) is 0 Å². The van der Waals surface area contributed by atoms with Gasteiger partial charge in [0.1, 0.15) is 16.1 Å². The molecule has 3 N–H and O–H groups in total. The minimum absolute atomic E-state index is 0.0251. The number of hydrogen-bond donors (Lipinski definition) is 3. The minimum atomic E-state index is -1.03. The Labute approximate surface area is 181 Å². The monoisotopic (exact) mass is 536 g/mol. The van der Waals surface area contributed by atoms with Gasteiger partial charge in [0.2, 0.25) is 5.91 Å². The Morgan fingerprint density at radius 1 is 1.41 bits per heavy atom. The SMILES string of the molecule is CC(C(=O)NCCC(=O)O)N1C(=O)/C(=C/c2cc(Br)cc(Br)c2O)SC1=S. The molecule has 0 aromatic heterocycles. The molecule has 1 saturated heterocycles. The van der Waals surface area contributed by atoms with Crippen molar-refractivity contribution < 1.29 is 24.6 Å². The van der Waals surface area contributed by atoms with Gasteiger partial charge in [-0.05, 0) is 41.1 Å². The first kappa shape index (κ1) is 21.9. The summed E-state index contributed by atoms with van der Waals surface area (Å²) in [6.07, 6.45) is 1.28. The first-order chi connectivity index (χ1) is 12.6. The number of phenols is 1. The fourth-order valence-corrected chi connectivity index (χ4v) is 4.88. The van der Waals surface area contributed by atoms with E-state index in [-0.39, 0.29) is 27.9 Å². The van der Waals surface area contributed by atoms with E-state index in [1.165, 1.54) is 17.9 Å². The molecule has 1 heterocycles. The lowest BCUT2D eigenvalue weighted by Crippen LogP contribution is -2.47. The predicted octanol–water partition coefficient (Wildman–Crippen LogP) is 3.10. The molecule has 1 aliphatic rings. The number of phenolic OH excluding ortho intramolecular Hbond substituents is 1. The number of carbonyl (C=O) groups excluding carboxylic acids is 2. The van der Waals surface area contributed by atoms with E-state index < -0.39 is 23.8 Å². The zero-order chi connectivity index (χ0) is 20.3. The average Bonchev–Trinajstić information content (AvgIpc) is 2.84. The molecule has 1 atom stereocenters. The normalized spacial score (nSPS) is 16.7. The van der Waals surface area contributed by atoms with Crippen molar-refractivity contribution in [3.05, 3.63) is 31.5 Å². The quantitative estimate of drug-likeness (QED) is 0.378. The smallest absolute Gasteiger partial charge is 0.305 e. The molecular weight excluding hydrogens is 524 g/mol. The van der Waals surface area contributed by atoms with Crippen LogP contribution in [0.25, 0.3) is 6.08 Å². The Bertz CT molecular complexity index is 859. The predicted molar refractivity (Wildman–Crippen MR) is 113 cm³/mol. The number of carbonyl (C=O) groups is 3. The van der Waals surface area contributed by atoms with Crippen molar-refractivity contribution in [1.29, 1.82) is 0 Å². The van der Waals surface area contributed by atoms with Crippen molar-refractivity contribution in [2.45, 2.75) is 19.4 Å². The molecule has 1 unspecified atom stereocenters. The molecule has 2 rings (SSSR count). The third-order valence-corrected chi connectivity index (χ3v) is 5.97. The molecule has 0 spiro atoms. The van der Waals surface area contributed by atoms with Gasteiger partial charge >= 0.3 is 5.97 Å². The molecule has 0 saturated carbocycles. The van der Waals surface area contributed by atoms with Crippen LogP contribution >= 0.6 is 55.8 Å². The van der Waals surface area contributed by atoms with E-state index in [1.54, 1.807) is 12.1 Å². The molecule has 0 bridgehead atoms. The number of rotatable bonds is 6. The lowest BCUT2D eigenvalue weighted by atomic mass is 10.2. The standard InChI is InChI=1S/C16H14Br2N2O5S2/c1-7(14(24)19-3-2-12(21)22)20-15(25)11(27-16(20)26)5-8-4-9(17)6-10(18)13(8)23/h4-7,23H,2-3H2,1H3,(H,19,24)(H,21,22)/b11-5-. The topological polar surface area (TPSA) is 107 Å². The highest BCUT2D eigenvalue weighted by atomic mass is 79.9. The van der Waals surface area contributed by atoms with E-state index in [0.29, 0.717) is 14.5 Å². The molecule has 144 valence electrons. The number of halogens is 2. The Morgan fingerprint density at radius 2 is 2.07 bits per heavy atom. The van der Waals surface area contributed by atoms with Gasteiger partial charge in [-0.2, -0.15) is 0 Å². The first-order valence-corrected chi connectivity index (χ1v) is 10.4. The number of amides is 2. The van der Waals surface area contributed by atoms with Gasteiger partial charge in [-0.15, -0.1) is 0 Å². The van der Waals surface area contributed by atoms with Crippen LogP contribution in [0.15, 0.2) is 26.0 Å². The summed E-state index contributed by atoms with van der Waals surface area (Å²) in [5.41, 5.74) is 0.412. The number of benzene rings is 1. The Morgan fingerprint density at radius 3 is 2.70 bits per heavy atom. The molecule has 11 heteroatoms. The number of nitrogens with zero attached hydrogens (tertiary/aromatic N) is 1. The van der Waals surface area contributed by atoms with Crippen molar-refractivity contribution in [1.82, 2.24) is 10.2 Å². The third-order valence-electron chi connectivity index (χ3n) is 3.57. The molecule has 7 nitrogen and oxygen atoms in total. The molecule has 0 aliphatic carbocycles. The molecule has 0 radical (unpaired) electrons. The van der Waals surface area contributed by atoms with Crippen LogP contribution in [0.5, 0.6) is 5.75 Å². The van der Waals surface area contributed by atoms with Crippen LogP contribution in [0.3, 0.4) is 0 Å². The molecule has 1 aromatic rings. The van der Waals surface area contributed by atoms with Gasteiger partial charge in [-0.25, -0.2) is 0 Å². The number of thiocarbonyl (C=S) groups is 1. The molecule has 1 fully saturated rings. The van der Waals surface area contributed by atoms with E-state index in [1.807, 2.05) is 0 Å². The van der Waals surface area contributed by atoms with E-state index in [9.17, 15) is 19.5 Å². The first-order valence-electron chi connectivity index (χ1n) is 7.56. The van der Waals surface area contributed by atoms with Gasteiger partial charge < -0.3 is 15.5 Å². The molecule has 2 amide bonds. The highest BCUT2D eigenvalue weighted by Gasteiger charge is 2.38. The van der Waals surface area contributed by atoms with Gasteiger partial charge in [-0.1, -0.05) is 39.9 Å². The van der Waals surface area contributed by atoms with Gasteiger partial charge in [0, 0.05) is 16.6 Å². The molecule has 1 aromatic carbocycles. The summed E-state index contributed by atoms with van der Waals surface area (Å²) in [5, 5.41) is 21.2. The maximum Gasteiger partial charge on any atom is 0.305 e. The summed E-state index contributed by atoms with van der Waals surface area (Å²) >= 11 is 12.8. The summed E-state index contributed by atoms with van der Waals surface area (Å²) < 4.78 is 1.38. The highest BCUT2D eigenvalue weighted by Crippen LogP contribution is 2.38. The fourth-order valence-electron chi connectivity index (χ4n) is 2.21. The van der Waals surface area contributed by atoms with Gasteiger partial charge in [0.05, 0.1) is 15.8 Å². The van der Waals surface area contributed by atoms with Crippen LogP contribution in [0, 0.1) is 0 Å². The van der Waals surface area contributed by atoms with Crippen LogP contribution in [-0.2, 0) is 14.4 Å². The van der Waals surface area contributed by atoms with Crippen molar-refractivity contribution in [2.75, 3.05) is 6.54 Å². The second-order valence-corrected chi connectivity index (χ2v) is 8.93. The van der Waals surface area contributed by atoms with Crippen LogP contribution in [0.2, 0.25) is 0 Å². The van der Waals surface area contributed by atoms with Crippen molar-refractivity contribution in [3.63, 3.8) is 0 Å². The number of carboxylic acid groups (broad SMARTS) is 1. The largest absolute Gasteiger partial charge is 0.506 e. The number of aromatic hydroxyl groups is 1. The Kier molecular flexibility index (Phi) is 7.43. The molecular formula is C16H14Br2N2O5S2. The fraction of sp³-hybridized carbons (Fsp3) is 0.250. The number of thioether (sulfide) groups is 1. The zero-order valence-corrected chi connectivity index (χ0v) is 18.7. The zero-order valence-electron chi connectivity index (χ0n) is 13.9. The lowest BCUT2D eigenvalue weighted by Gasteiger charge is -2.22.